The van der Waals surface area contributed by atoms with Crippen molar-refractivity contribution in [2.24, 2.45) is 0 Å². The van der Waals surface area contributed by atoms with Crippen molar-refractivity contribution in [3.8, 4) is 11.5 Å². The Balaban J connectivity index is 1.49. The maximum Gasteiger partial charge on any atom is 0.409 e. The summed E-state index contributed by atoms with van der Waals surface area (Å²) in [6.07, 6.45) is 2.46. The summed E-state index contributed by atoms with van der Waals surface area (Å²) in [5, 5.41) is 2.71. The number of rotatable bonds is 11. The smallest absolute Gasteiger partial charge is 0.409 e. The Bertz CT molecular complexity index is 979. The SMILES string of the molecule is COc1ccc(CC(OCOC(=O)NCc2ccc(N(C)C)cc2)Oc2cccnc2)cc1. The molecule has 3 aromatic rings. The number of carbonyl (C=O) groups excluding carboxylic acids is 1. The maximum atomic E-state index is 12.1. The van der Waals surface area contributed by atoms with Crippen LogP contribution in [0.5, 0.6) is 11.5 Å². The molecule has 0 aliphatic heterocycles. The van der Waals surface area contributed by atoms with Gasteiger partial charge < -0.3 is 29.2 Å². The molecule has 0 saturated carbocycles. The molecule has 8 heteroatoms. The lowest BCUT2D eigenvalue weighted by molar-refractivity contribution is -0.136. The third-order valence-electron chi connectivity index (χ3n) is 4.80. The first kappa shape index (κ1) is 23.9. The summed E-state index contributed by atoms with van der Waals surface area (Å²) in [5.74, 6) is 1.32. The van der Waals surface area contributed by atoms with Gasteiger partial charge in [-0.25, -0.2) is 4.79 Å². The van der Waals surface area contributed by atoms with Crippen molar-refractivity contribution < 1.29 is 23.7 Å². The average Bonchev–Trinajstić information content (AvgIpc) is 2.84. The minimum absolute atomic E-state index is 0.257. The molecular formula is C25H29N3O5. The number of nitrogens with zero attached hydrogens (tertiary/aromatic N) is 2. The van der Waals surface area contributed by atoms with Crippen molar-refractivity contribution in [2.45, 2.75) is 19.3 Å². The molecule has 1 atom stereocenters. The van der Waals surface area contributed by atoms with Gasteiger partial charge in [0.1, 0.15) is 11.5 Å². The first-order valence-electron chi connectivity index (χ1n) is 10.5. The molecule has 2 aromatic carbocycles. The van der Waals surface area contributed by atoms with Crippen molar-refractivity contribution >= 4 is 11.8 Å². The first-order chi connectivity index (χ1) is 16.0. The van der Waals surface area contributed by atoms with E-state index in [1.54, 1.807) is 31.6 Å². The Kier molecular flexibility index (Phi) is 8.90. The highest BCUT2D eigenvalue weighted by molar-refractivity contribution is 5.67. The second-order valence-electron chi connectivity index (χ2n) is 7.42. The summed E-state index contributed by atoms with van der Waals surface area (Å²) in [4.78, 5) is 18.1. The predicted octanol–water partition coefficient (Wildman–Crippen LogP) is 4.00. The van der Waals surface area contributed by atoms with Crippen LogP contribution in [-0.2, 0) is 22.4 Å². The summed E-state index contributed by atoms with van der Waals surface area (Å²) >= 11 is 0. The van der Waals surface area contributed by atoms with E-state index in [1.165, 1.54) is 0 Å². The largest absolute Gasteiger partial charge is 0.497 e. The van der Waals surface area contributed by atoms with E-state index in [0.29, 0.717) is 18.7 Å². The number of ether oxygens (including phenoxy) is 4. The van der Waals surface area contributed by atoms with Gasteiger partial charge in [0, 0.05) is 38.9 Å². The van der Waals surface area contributed by atoms with E-state index < -0.39 is 12.4 Å². The molecule has 1 aromatic heterocycles. The molecule has 3 rings (SSSR count). The zero-order valence-electron chi connectivity index (χ0n) is 19.1. The number of hydrogen-bond acceptors (Lipinski definition) is 7. The van der Waals surface area contributed by atoms with E-state index in [4.69, 9.17) is 18.9 Å². The molecule has 8 nitrogen and oxygen atoms in total. The summed E-state index contributed by atoms with van der Waals surface area (Å²) in [7, 11) is 5.57. The van der Waals surface area contributed by atoms with E-state index >= 15 is 0 Å². The van der Waals surface area contributed by atoms with Crippen LogP contribution in [0.2, 0.25) is 0 Å². The van der Waals surface area contributed by atoms with Gasteiger partial charge in [-0.1, -0.05) is 24.3 Å². The topological polar surface area (TPSA) is 82.2 Å². The van der Waals surface area contributed by atoms with Crippen LogP contribution in [0.3, 0.4) is 0 Å². The second-order valence-corrected chi connectivity index (χ2v) is 7.42. The number of benzene rings is 2. The van der Waals surface area contributed by atoms with Crippen LogP contribution in [-0.4, -0.2) is 45.4 Å². The van der Waals surface area contributed by atoms with Gasteiger partial charge in [0.15, 0.2) is 6.79 Å². The number of carbonyl (C=O) groups is 1. The fourth-order valence-corrected chi connectivity index (χ4v) is 2.96. The standard InChI is InChI=1S/C25H29N3O5/c1-28(2)21-10-6-20(7-11-21)16-27-25(29)32-18-31-24(33-23-5-4-14-26-17-23)15-19-8-12-22(30-3)13-9-19/h4-14,17,24H,15-16,18H2,1-3H3,(H,27,29). The van der Waals surface area contributed by atoms with Crippen molar-refractivity contribution in [3.05, 3.63) is 84.2 Å². The second kappa shape index (κ2) is 12.3. The molecule has 0 saturated heterocycles. The van der Waals surface area contributed by atoms with Crippen molar-refractivity contribution in [1.29, 1.82) is 0 Å². The van der Waals surface area contributed by atoms with Gasteiger partial charge >= 0.3 is 6.09 Å². The van der Waals surface area contributed by atoms with Crippen LogP contribution < -0.4 is 19.7 Å². The number of aromatic nitrogens is 1. The molecule has 0 bridgehead atoms. The van der Waals surface area contributed by atoms with E-state index in [1.807, 2.05) is 67.5 Å². The van der Waals surface area contributed by atoms with Crippen LogP contribution in [0.4, 0.5) is 10.5 Å². The molecular weight excluding hydrogens is 422 g/mol. The van der Waals surface area contributed by atoms with E-state index in [2.05, 4.69) is 10.3 Å². The molecule has 0 fully saturated rings. The average molecular weight is 452 g/mol. The quantitative estimate of drug-likeness (QED) is 0.441. The van der Waals surface area contributed by atoms with Crippen LogP contribution in [0, 0.1) is 0 Å². The third-order valence-corrected chi connectivity index (χ3v) is 4.80. The van der Waals surface area contributed by atoms with E-state index in [-0.39, 0.29) is 6.79 Å². The van der Waals surface area contributed by atoms with E-state index in [9.17, 15) is 4.79 Å². The third kappa shape index (κ3) is 8.01. The summed E-state index contributed by atoms with van der Waals surface area (Å²) in [6, 6.07) is 19.0. The van der Waals surface area contributed by atoms with Gasteiger partial charge in [-0.2, -0.15) is 0 Å². The number of methoxy groups -OCH3 is 1. The van der Waals surface area contributed by atoms with Gasteiger partial charge in [-0.05, 0) is 47.5 Å². The highest BCUT2D eigenvalue weighted by atomic mass is 16.8. The number of nitrogens with one attached hydrogen (secondary N) is 1. The van der Waals surface area contributed by atoms with Crippen molar-refractivity contribution in [2.75, 3.05) is 32.9 Å². The Morgan fingerprint density at radius 3 is 2.36 bits per heavy atom. The minimum Gasteiger partial charge on any atom is -0.497 e. The molecule has 0 spiro atoms. The maximum absolute atomic E-state index is 12.1. The van der Waals surface area contributed by atoms with Crippen LogP contribution in [0.15, 0.2) is 73.1 Å². The monoisotopic (exact) mass is 451 g/mol. The number of pyridine rings is 1. The lowest BCUT2D eigenvalue weighted by Crippen LogP contribution is -2.29. The Morgan fingerprint density at radius 1 is 1.00 bits per heavy atom. The van der Waals surface area contributed by atoms with Crippen molar-refractivity contribution in [3.63, 3.8) is 0 Å². The Hall–Kier alpha value is -3.78. The number of amides is 1. The van der Waals surface area contributed by atoms with Gasteiger partial charge in [0.05, 0.1) is 13.3 Å². The lowest BCUT2D eigenvalue weighted by Gasteiger charge is -2.19. The van der Waals surface area contributed by atoms with Crippen LogP contribution in [0.25, 0.3) is 0 Å². The van der Waals surface area contributed by atoms with Crippen LogP contribution in [0.1, 0.15) is 11.1 Å². The highest BCUT2D eigenvalue weighted by Gasteiger charge is 2.14. The molecule has 1 unspecified atom stereocenters. The summed E-state index contributed by atoms with van der Waals surface area (Å²) in [6.45, 7) is 0.0977. The zero-order valence-corrected chi connectivity index (χ0v) is 19.1. The predicted molar refractivity (Wildman–Crippen MR) is 125 cm³/mol. The fraction of sp³-hybridized carbons (Fsp3) is 0.280. The van der Waals surface area contributed by atoms with Gasteiger partial charge in [-0.3, -0.25) is 4.98 Å². The number of hydrogen-bond donors (Lipinski definition) is 1. The lowest BCUT2D eigenvalue weighted by atomic mass is 10.1. The number of anilines is 1. The first-order valence-corrected chi connectivity index (χ1v) is 10.5. The Labute approximate surface area is 194 Å². The minimum atomic E-state index is -0.672. The normalized spacial score (nSPS) is 11.4. The van der Waals surface area contributed by atoms with Crippen molar-refractivity contribution in [1.82, 2.24) is 10.3 Å². The number of alkyl carbamates (subject to hydrolysis) is 1. The molecule has 1 amide bonds. The summed E-state index contributed by atoms with van der Waals surface area (Å²) < 4.78 is 22.0. The molecule has 0 aliphatic carbocycles. The molecule has 0 aliphatic rings. The van der Waals surface area contributed by atoms with Crippen LogP contribution >= 0.6 is 0 Å². The molecule has 1 heterocycles. The van der Waals surface area contributed by atoms with Gasteiger partial charge in [0.2, 0.25) is 6.29 Å². The summed E-state index contributed by atoms with van der Waals surface area (Å²) in [5.41, 5.74) is 3.04. The molecule has 174 valence electrons. The van der Waals surface area contributed by atoms with Gasteiger partial charge in [-0.15, -0.1) is 0 Å². The zero-order chi connectivity index (χ0) is 23.5. The molecule has 0 radical (unpaired) electrons. The molecule has 33 heavy (non-hydrogen) atoms. The Morgan fingerprint density at radius 2 is 1.73 bits per heavy atom. The highest BCUT2D eigenvalue weighted by Crippen LogP contribution is 2.17. The molecule has 1 N–H and O–H groups in total. The van der Waals surface area contributed by atoms with E-state index in [0.717, 1.165) is 22.6 Å². The fourth-order valence-electron chi connectivity index (χ4n) is 2.96. The van der Waals surface area contributed by atoms with Gasteiger partial charge in [0.25, 0.3) is 0 Å².